The Bertz CT molecular complexity index is 699. The van der Waals surface area contributed by atoms with E-state index in [1.807, 2.05) is 29.2 Å². The van der Waals surface area contributed by atoms with Gasteiger partial charge in [-0.3, -0.25) is 4.79 Å². The van der Waals surface area contributed by atoms with Crippen LogP contribution in [0, 0.1) is 0 Å². The van der Waals surface area contributed by atoms with Gasteiger partial charge >= 0.3 is 0 Å². The highest BCUT2D eigenvalue weighted by Gasteiger charge is 2.24. The summed E-state index contributed by atoms with van der Waals surface area (Å²) in [6.45, 7) is 1.55. The van der Waals surface area contributed by atoms with Crippen molar-refractivity contribution in [1.29, 1.82) is 0 Å². The number of carbonyl (C=O) groups is 1. The number of carbonyl (C=O) groups excluding carboxylic acids is 1. The van der Waals surface area contributed by atoms with Crippen LogP contribution in [0.2, 0.25) is 5.02 Å². The minimum absolute atomic E-state index is 0.0675. The molecule has 24 heavy (non-hydrogen) atoms. The van der Waals surface area contributed by atoms with Gasteiger partial charge in [0.25, 0.3) is 5.91 Å². The summed E-state index contributed by atoms with van der Waals surface area (Å²) in [5, 5.41) is 0.599. The molecule has 0 bridgehead atoms. The van der Waals surface area contributed by atoms with Crippen LogP contribution < -0.4 is 4.74 Å². The molecular formula is C20H22ClNO2. The Morgan fingerprint density at radius 3 is 2.67 bits per heavy atom. The molecule has 3 nitrogen and oxygen atoms in total. The Hall–Kier alpha value is -2.00. The second-order valence-corrected chi connectivity index (χ2v) is 6.66. The second kappa shape index (κ2) is 7.71. The number of amides is 1. The van der Waals surface area contributed by atoms with Crippen molar-refractivity contribution in [3.63, 3.8) is 0 Å². The summed E-state index contributed by atoms with van der Waals surface area (Å²) in [5.74, 6) is 1.29. The van der Waals surface area contributed by atoms with Crippen LogP contribution in [0.25, 0.3) is 0 Å². The van der Waals surface area contributed by atoms with Gasteiger partial charge in [-0.1, -0.05) is 36.2 Å². The van der Waals surface area contributed by atoms with E-state index >= 15 is 0 Å². The lowest BCUT2D eigenvalue weighted by molar-refractivity contribution is 0.0754. The lowest BCUT2D eigenvalue weighted by Crippen LogP contribution is -2.34. The van der Waals surface area contributed by atoms with Crippen molar-refractivity contribution >= 4 is 17.5 Å². The Morgan fingerprint density at radius 1 is 1.17 bits per heavy atom. The Morgan fingerprint density at radius 2 is 1.96 bits per heavy atom. The van der Waals surface area contributed by atoms with Gasteiger partial charge in [0.2, 0.25) is 0 Å². The monoisotopic (exact) mass is 343 g/mol. The highest BCUT2D eigenvalue weighted by molar-refractivity contribution is 6.30. The van der Waals surface area contributed by atoms with Crippen LogP contribution in [-0.2, 0) is 0 Å². The standard InChI is InChI=1S/C20H22ClNO2/c1-24-19-10-8-15(9-11-19)17-5-2-3-12-22(14-17)20(23)16-6-4-7-18(21)13-16/h4,6-11,13,17H,2-3,5,12,14H2,1H3/t17-/m0/s1. The number of hydrogen-bond donors (Lipinski definition) is 0. The Kier molecular flexibility index (Phi) is 5.41. The molecule has 0 unspecified atom stereocenters. The number of halogens is 1. The first-order chi connectivity index (χ1) is 11.7. The summed E-state index contributed by atoms with van der Waals surface area (Å²) in [7, 11) is 1.67. The number of rotatable bonds is 3. The molecule has 0 N–H and O–H groups in total. The molecule has 1 amide bonds. The predicted molar refractivity (Wildman–Crippen MR) is 96.9 cm³/mol. The molecule has 2 aromatic rings. The van der Waals surface area contributed by atoms with Gasteiger partial charge in [-0.2, -0.15) is 0 Å². The van der Waals surface area contributed by atoms with Gasteiger partial charge < -0.3 is 9.64 Å². The highest BCUT2D eigenvalue weighted by Crippen LogP contribution is 2.28. The molecule has 1 heterocycles. The molecule has 0 aliphatic carbocycles. The highest BCUT2D eigenvalue weighted by atomic mass is 35.5. The van der Waals surface area contributed by atoms with E-state index < -0.39 is 0 Å². The van der Waals surface area contributed by atoms with Crippen molar-refractivity contribution in [2.24, 2.45) is 0 Å². The number of nitrogens with zero attached hydrogens (tertiary/aromatic N) is 1. The number of hydrogen-bond acceptors (Lipinski definition) is 2. The van der Waals surface area contributed by atoms with Gasteiger partial charge in [-0.05, 0) is 48.7 Å². The van der Waals surface area contributed by atoms with Crippen molar-refractivity contribution in [2.75, 3.05) is 20.2 Å². The average molecular weight is 344 g/mol. The number of likely N-dealkylation sites (tertiary alicyclic amines) is 1. The summed E-state index contributed by atoms with van der Waals surface area (Å²) in [4.78, 5) is 14.8. The van der Waals surface area contributed by atoms with Gasteiger partial charge in [0, 0.05) is 29.6 Å². The third-order valence-electron chi connectivity index (χ3n) is 4.62. The van der Waals surface area contributed by atoms with Crippen LogP contribution in [0.5, 0.6) is 5.75 Å². The molecule has 2 aromatic carbocycles. The van der Waals surface area contributed by atoms with Crippen LogP contribution in [0.1, 0.15) is 41.1 Å². The van der Waals surface area contributed by atoms with Crippen molar-refractivity contribution in [1.82, 2.24) is 4.90 Å². The van der Waals surface area contributed by atoms with Gasteiger partial charge in [-0.25, -0.2) is 0 Å². The fraction of sp³-hybridized carbons (Fsp3) is 0.350. The van der Waals surface area contributed by atoms with Gasteiger partial charge in [0.15, 0.2) is 0 Å². The molecule has 3 rings (SSSR count). The summed E-state index contributed by atoms with van der Waals surface area (Å²) < 4.78 is 5.23. The first kappa shape index (κ1) is 16.8. The van der Waals surface area contributed by atoms with E-state index in [4.69, 9.17) is 16.3 Å². The molecule has 0 aromatic heterocycles. The van der Waals surface area contributed by atoms with Gasteiger partial charge in [-0.15, -0.1) is 0 Å². The molecule has 1 aliphatic rings. The van der Waals surface area contributed by atoms with Gasteiger partial charge in [0.1, 0.15) is 5.75 Å². The first-order valence-electron chi connectivity index (χ1n) is 8.36. The topological polar surface area (TPSA) is 29.5 Å². The van der Waals surface area contributed by atoms with E-state index in [1.165, 1.54) is 5.56 Å². The quantitative estimate of drug-likeness (QED) is 0.804. The Labute approximate surface area is 148 Å². The van der Waals surface area contributed by atoms with Crippen molar-refractivity contribution in [2.45, 2.75) is 25.2 Å². The molecule has 1 fully saturated rings. The van der Waals surface area contributed by atoms with Crippen molar-refractivity contribution < 1.29 is 9.53 Å². The average Bonchev–Trinajstić information content (AvgIpc) is 2.87. The van der Waals surface area contributed by atoms with E-state index in [0.717, 1.165) is 38.1 Å². The molecular weight excluding hydrogens is 322 g/mol. The minimum atomic E-state index is 0.0675. The maximum atomic E-state index is 12.8. The van der Waals surface area contributed by atoms with Crippen molar-refractivity contribution in [3.05, 3.63) is 64.7 Å². The minimum Gasteiger partial charge on any atom is -0.497 e. The van der Waals surface area contributed by atoms with E-state index in [0.29, 0.717) is 16.5 Å². The summed E-state index contributed by atoms with van der Waals surface area (Å²) in [6, 6.07) is 15.4. The summed E-state index contributed by atoms with van der Waals surface area (Å²) >= 11 is 6.03. The van der Waals surface area contributed by atoms with E-state index in [1.54, 1.807) is 19.2 Å². The van der Waals surface area contributed by atoms with Crippen LogP contribution in [0.4, 0.5) is 0 Å². The maximum Gasteiger partial charge on any atom is 0.253 e. The zero-order valence-corrected chi connectivity index (χ0v) is 14.6. The lowest BCUT2D eigenvalue weighted by atomic mass is 9.94. The smallest absolute Gasteiger partial charge is 0.253 e. The number of benzene rings is 2. The Balaban J connectivity index is 1.77. The van der Waals surface area contributed by atoms with Crippen LogP contribution in [-0.4, -0.2) is 31.0 Å². The fourth-order valence-electron chi connectivity index (χ4n) is 3.28. The normalized spacial score (nSPS) is 18.1. The van der Waals surface area contributed by atoms with Crippen LogP contribution in [0.15, 0.2) is 48.5 Å². The maximum absolute atomic E-state index is 12.8. The van der Waals surface area contributed by atoms with E-state index in [9.17, 15) is 4.79 Å². The fourth-order valence-corrected chi connectivity index (χ4v) is 3.47. The largest absolute Gasteiger partial charge is 0.497 e. The van der Waals surface area contributed by atoms with Crippen molar-refractivity contribution in [3.8, 4) is 5.75 Å². The zero-order chi connectivity index (χ0) is 16.9. The van der Waals surface area contributed by atoms with Gasteiger partial charge in [0.05, 0.1) is 7.11 Å². The van der Waals surface area contributed by atoms with E-state index in [2.05, 4.69) is 12.1 Å². The third-order valence-corrected chi connectivity index (χ3v) is 4.85. The number of methoxy groups -OCH3 is 1. The zero-order valence-electron chi connectivity index (χ0n) is 13.9. The lowest BCUT2D eigenvalue weighted by Gasteiger charge is -2.25. The molecule has 1 aliphatic heterocycles. The molecule has 0 radical (unpaired) electrons. The molecule has 126 valence electrons. The molecule has 1 atom stereocenters. The summed E-state index contributed by atoms with van der Waals surface area (Å²) in [6.07, 6.45) is 3.28. The molecule has 0 spiro atoms. The predicted octanol–water partition coefficient (Wildman–Crippen LogP) is 4.76. The third kappa shape index (κ3) is 3.90. The second-order valence-electron chi connectivity index (χ2n) is 6.23. The molecule has 4 heteroatoms. The van der Waals surface area contributed by atoms with Crippen LogP contribution in [0.3, 0.4) is 0 Å². The summed E-state index contributed by atoms with van der Waals surface area (Å²) in [5.41, 5.74) is 1.93. The molecule has 0 saturated carbocycles. The van der Waals surface area contributed by atoms with Crippen LogP contribution >= 0.6 is 11.6 Å². The number of ether oxygens (including phenoxy) is 1. The first-order valence-corrected chi connectivity index (χ1v) is 8.74. The van der Waals surface area contributed by atoms with E-state index in [-0.39, 0.29) is 5.91 Å². The SMILES string of the molecule is COc1ccc([C@H]2CCCCN(C(=O)c3cccc(Cl)c3)C2)cc1. The molecule has 1 saturated heterocycles.